The molecule has 2 fully saturated rings. The number of hydrogen-bond acceptors (Lipinski definition) is 0. The van der Waals surface area contributed by atoms with Gasteiger partial charge in [-0.3, -0.25) is 0 Å². The molecule has 0 amide bonds. The van der Waals surface area contributed by atoms with Crippen molar-refractivity contribution >= 4 is 42.4 Å². The van der Waals surface area contributed by atoms with E-state index in [-0.39, 0.29) is 17.1 Å². The van der Waals surface area contributed by atoms with Crippen molar-refractivity contribution in [2.75, 3.05) is 0 Å². The van der Waals surface area contributed by atoms with Gasteiger partial charge in [0.25, 0.3) is 0 Å². The molecule has 0 nitrogen and oxygen atoms in total. The summed E-state index contributed by atoms with van der Waals surface area (Å²) in [5.74, 6) is 2.80. The van der Waals surface area contributed by atoms with Crippen molar-refractivity contribution in [3.05, 3.63) is 212 Å². The first kappa shape index (κ1) is 37.7. The first-order valence-corrected chi connectivity index (χ1v) is 19.5. The van der Waals surface area contributed by atoms with Crippen LogP contribution in [0.15, 0.2) is 121 Å². The summed E-state index contributed by atoms with van der Waals surface area (Å²) in [7, 11) is -1.36. The van der Waals surface area contributed by atoms with Gasteiger partial charge >= 0.3 is 0 Å². The van der Waals surface area contributed by atoms with Crippen LogP contribution in [0.25, 0.3) is 0 Å². The van der Waals surface area contributed by atoms with Crippen molar-refractivity contribution in [1.29, 1.82) is 0 Å². The van der Waals surface area contributed by atoms with Crippen molar-refractivity contribution in [2.45, 2.75) is 40.3 Å². The number of benzene rings is 5. The average Bonchev–Trinajstić information content (AvgIpc) is 3.82. The fraction of sp³-hybridized carbons (Fsp3) is 0.130. The monoisotopic (exact) mass is 714 g/mol. The molecule has 0 spiro atoms. The zero-order chi connectivity index (χ0) is 33.5. The molecule has 0 bridgehead atoms. The smallest absolute Gasteiger partial charge is 0.0171 e. The van der Waals surface area contributed by atoms with Gasteiger partial charge in [-0.2, -0.15) is 0 Å². The summed E-state index contributed by atoms with van der Waals surface area (Å²) in [6.07, 6.45) is 17.0. The third-order valence-corrected chi connectivity index (χ3v) is 13.9. The molecule has 5 aromatic carbocycles. The van der Waals surface area contributed by atoms with Crippen LogP contribution in [-0.4, -0.2) is 5.66 Å². The molecule has 2 saturated carbocycles. The maximum atomic E-state index is 2.46. The summed E-state index contributed by atoms with van der Waals surface area (Å²) in [4.78, 5) is 0. The normalized spacial score (nSPS) is 15.6. The minimum absolute atomic E-state index is 0. The second-order valence-electron chi connectivity index (χ2n) is 12.6. The fourth-order valence-electron chi connectivity index (χ4n) is 6.76. The molecule has 1 atom stereocenters. The van der Waals surface area contributed by atoms with Crippen LogP contribution in [0.4, 0.5) is 0 Å². The zero-order valence-corrected chi connectivity index (χ0v) is 31.9. The SMILES string of the molecule is Cc1cc(C)cc(P(c2cc(C)cc(C)c2)[C@@H](C)[C]2[CH][CH][CH][C]2c2ccccc2P(c2ccccc2)c2ccccc2)c1.[CH]1[CH][CH][CH][CH]1.[Fe]. The Balaban J connectivity index is 0.000000717. The van der Waals surface area contributed by atoms with Crippen LogP contribution in [0.2, 0.25) is 0 Å². The minimum atomic E-state index is -0.718. The van der Waals surface area contributed by atoms with Crippen LogP contribution in [-0.2, 0) is 17.1 Å². The molecule has 0 saturated heterocycles. The van der Waals surface area contributed by atoms with E-state index >= 15 is 0 Å². The Bertz CT molecular complexity index is 1620. The first-order chi connectivity index (χ1) is 23.4. The van der Waals surface area contributed by atoms with Gasteiger partial charge in [-0.05, 0) is 139 Å². The van der Waals surface area contributed by atoms with Crippen LogP contribution in [0.5, 0.6) is 0 Å². The van der Waals surface area contributed by atoms with E-state index in [2.05, 4.69) is 175 Å². The quantitative estimate of drug-likeness (QED) is 0.111. The minimum Gasteiger partial charge on any atom is -0.0622 e. The third kappa shape index (κ3) is 9.43. The molecule has 10 radical (unpaired) electrons. The fourth-order valence-corrected chi connectivity index (χ4v) is 12.3. The first-order valence-electron chi connectivity index (χ1n) is 16.8. The van der Waals surface area contributed by atoms with Crippen molar-refractivity contribution in [2.24, 2.45) is 0 Å². The second-order valence-corrected chi connectivity index (χ2v) is 17.4. The number of hydrogen-bond donors (Lipinski definition) is 0. The average molecular weight is 715 g/mol. The molecule has 0 aliphatic heterocycles. The van der Waals surface area contributed by atoms with E-state index < -0.39 is 15.8 Å². The van der Waals surface area contributed by atoms with E-state index in [1.54, 1.807) is 0 Å². The Morgan fingerprint density at radius 1 is 0.449 bits per heavy atom. The molecule has 2 aliphatic carbocycles. The van der Waals surface area contributed by atoms with Crippen molar-refractivity contribution < 1.29 is 17.1 Å². The standard InChI is InChI=1S/C41H39P2.C5H5.Fe/c1-29-23-30(2)26-36(25-29)42(37-27-31(3)24-32(4)28-37)33(5)38-20-14-21-39(38)40-19-12-13-22-41(40)43(34-15-8-6-9-16-34)35-17-10-7-11-18-35;1-2-4-5-3-1;/h6-28,33H,1-5H3;1-5H;/t33-;;/m0../s1. The molecule has 2 aliphatic rings. The summed E-state index contributed by atoms with van der Waals surface area (Å²) < 4.78 is 0. The van der Waals surface area contributed by atoms with Crippen LogP contribution < -0.4 is 26.5 Å². The van der Waals surface area contributed by atoms with Crippen molar-refractivity contribution in [3.63, 3.8) is 0 Å². The Kier molecular flexibility index (Phi) is 13.9. The van der Waals surface area contributed by atoms with Gasteiger partial charge < -0.3 is 0 Å². The second kappa shape index (κ2) is 18.1. The van der Waals surface area contributed by atoms with Crippen LogP contribution in [0.1, 0.15) is 34.7 Å². The third-order valence-electron chi connectivity index (χ3n) is 8.68. The molecule has 5 aromatic rings. The number of rotatable bonds is 8. The predicted octanol–water partition coefficient (Wildman–Crippen LogP) is 9.34. The summed E-state index contributed by atoms with van der Waals surface area (Å²) >= 11 is 0. The van der Waals surface area contributed by atoms with Gasteiger partial charge in [-0.15, -0.1) is 0 Å². The van der Waals surface area contributed by atoms with Gasteiger partial charge in [0.2, 0.25) is 0 Å². The predicted molar refractivity (Wildman–Crippen MR) is 213 cm³/mol. The molecule has 7 rings (SSSR count). The Morgan fingerprint density at radius 3 is 1.35 bits per heavy atom. The van der Waals surface area contributed by atoms with E-state index in [0.717, 1.165) is 0 Å². The molecule has 0 unspecified atom stereocenters. The largest absolute Gasteiger partial charge is 0.0622 e. The maximum absolute atomic E-state index is 2.46. The van der Waals surface area contributed by atoms with E-state index in [9.17, 15) is 0 Å². The Labute approximate surface area is 310 Å². The van der Waals surface area contributed by atoms with E-state index in [1.807, 2.05) is 32.1 Å². The molecule has 0 heterocycles. The van der Waals surface area contributed by atoms with Gasteiger partial charge in [-0.25, -0.2) is 0 Å². The van der Waals surface area contributed by atoms with Gasteiger partial charge in [0, 0.05) is 23.0 Å². The Morgan fingerprint density at radius 2 is 0.878 bits per heavy atom. The summed E-state index contributed by atoms with van der Waals surface area (Å²) in [6, 6.07) is 45.5. The topological polar surface area (TPSA) is 0 Å². The van der Waals surface area contributed by atoms with Gasteiger partial charge in [0.1, 0.15) is 0 Å². The molecular weight excluding hydrogens is 670 g/mol. The molecule has 3 heteroatoms. The summed E-state index contributed by atoms with van der Waals surface area (Å²) in [5, 5.41) is 7.09. The van der Waals surface area contributed by atoms with E-state index in [0.29, 0.717) is 5.66 Å². The van der Waals surface area contributed by atoms with Crippen molar-refractivity contribution in [1.82, 2.24) is 0 Å². The van der Waals surface area contributed by atoms with Crippen LogP contribution in [0.3, 0.4) is 0 Å². The maximum Gasteiger partial charge on any atom is 0.0171 e. The van der Waals surface area contributed by atoms with Crippen molar-refractivity contribution in [3.8, 4) is 0 Å². The number of aryl methyl sites for hydroxylation is 4. The van der Waals surface area contributed by atoms with E-state index in [4.69, 9.17) is 0 Å². The van der Waals surface area contributed by atoms with Crippen LogP contribution in [0, 0.1) is 90.9 Å². The molecular formula is C46H44FeP2. The molecule has 0 aromatic heterocycles. The van der Waals surface area contributed by atoms with E-state index in [1.165, 1.54) is 66.2 Å². The van der Waals surface area contributed by atoms with Gasteiger partial charge in [0.15, 0.2) is 0 Å². The summed E-state index contributed by atoms with van der Waals surface area (Å²) in [5.41, 5.74) is 7.04. The zero-order valence-electron chi connectivity index (χ0n) is 29.0. The molecule has 0 N–H and O–H groups in total. The van der Waals surface area contributed by atoms with Crippen LogP contribution >= 0.6 is 15.8 Å². The van der Waals surface area contributed by atoms with Gasteiger partial charge in [-0.1, -0.05) is 151 Å². The molecule has 246 valence electrons. The Hall–Kier alpha value is -2.52. The van der Waals surface area contributed by atoms with Gasteiger partial charge in [0.05, 0.1) is 0 Å². The summed E-state index contributed by atoms with van der Waals surface area (Å²) in [6.45, 7) is 11.4. The molecule has 49 heavy (non-hydrogen) atoms.